The van der Waals surface area contributed by atoms with E-state index in [1.54, 1.807) is 4.90 Å². The third kappa shape index (κ3) is 5.85. The minimum absolute atomic E-state index is 0.0702. The molecular weight excluding hydrogens is 410 g/mol. The SMILES string of the molecule is Nc1nc2c(c(=O)[nH]1)NCN2COCC(COCc1ccccc1)OCc1ccccc1. The molecule has 1 unspecified atom stereocenters. The van der Waals surface area contributed by atoms with Gasteiger partial charge in [0.1, 0.15) is 18.5 Å². The summed E-state index contributed by atoms with van der Waals surface area (Å²) in [4.78, 5) is 20.5. The van der Waals surface area contributed by atoms with Crippen molar-refractivity contribution in [1.29, 1.82) is 0 Å². The topological polar surface area (TPSA) is 115 Å². The van der Waals surface area contributed by atoms with E-state index in [1.807, 2.05) is 60.7 Å². The van der Waals surface area contributed by atoms with Crippen LogP contribution in [0.4, 0.5) is 17.5 Å². The van der Waals surface area contributed by atoms with Gasteiger partial charge in [-0.2, -0.15) is 4.98 Å². The van der Waals surface area contributed by atoms with E-state index in [1.165, 1.54) is 0 Å². The number of anilines is 3. The van der Waals surface area contributed by atoms with Crippen LogP contribution in [-0.4, -0.2) is 42.7 Å². The van der Waals surface area contributed by atoms with Gasteiger partial charge >= 0.3 is 0 Å². The summed E-state index contributed by atoms with van der Waals surface area (Å²) in [5.41, 5.74) is 7.95. The molecule has 0 radical (unpaired) electrons. The summed E-state index contributed by atoms with van der Waals surface area (Å²) >= 11 is 0. The number of aromatic amines is 1. The van der Waals surface area contributed by atoms with Gasteiger partial charge in [0.05, 0.1) is 33.1 Å². The molecule has 0 aliphatic carbocycles. The number of H-pyrrole nitrogens is 1. The fourth-order valence-electron chi connectivity index (χ4n) is 3.33. The maximum absolute atomic E-state index is 12.0. The monoisotopic (exact) mass is 437 g/mol. The van der Waals surface area contributed by atoms with Crippen molar-refractivity contribution < 1.29 is 14.2 Å². The van der Waals surface area contributed by atoms with Gasteiger partial charge < -0.3 is 30.2 Å². The first-order valence-corrected chi connectivity index (χ1v) is 10.4. The Balaban J connectivity index is 1.31. The van der Waals surface area contributed by atoms with Gasteiger partial charge in [-0.3, -0.25) is 9.78 Å². The van der Waals surface area contributed by atoms with Crippen molar-refractivity contribution in [2.75, 3.05) is 42.6 Å². The number of nitrogens with one attached hydrogen (secondary N) is 2. The van der Waals surface area contributed by atoms with E-state index >= 15 is 0 Å². The molecule has 0 bridgehead atoms. The largest absolute Gasteiger partial charge is 0.374 e. The fourth-order valence-corrected chi connectivity index (χ4v) is 3.33. The molecule has 0 saturated heterocycles. The van der Waals surface area contributed by atoms with E-state index in [4.69, 9.17) is 19.9 Å². The van der Waals surface area contributed by atoms with Crippen LogP contribution in [0.1, 0.15) is 11.1 Å². The highest BCUT2D eigenvalue weighted by Crippen LogP contribution is 2.25. The molecule has 3 aromatic rings. The highest BCUT2D eigenvalue weighted by molar-refractivity contribution is 5.70. The zero-order valence-electron chi connectivity index (χ0n) is 17.7. The standard InChI is InChI=1S/C23H27N5O4/c24-23-26-21-20(22(29)27-23)25-15-28(21)16-31-14-19(32-12-18-9-5-2-6-10-18)13-30-11-17-7-3-1-4-8-17/h1-10,19,25H,11-16H2,(H3,24,26,27,29). The Kier molecular flexibility index (Phi) is 7.34. The first-order valence-electron chi connectivity index (χ1n) is 10.4. The Morgan fingerprint density at radius 3 is 2.34 bits per heavy atom. The minimum atomic E-state index is -0.298. The molecule has 2 aromatic carbocycles. The van der Waals surface area contributed by atoms with Gasteiger partial charge in [-0.1, -0.05) is 60.7 Å². The van der Waals surface area contributed by atoms with E-state index in [9.17, 15) is 4.79 Å². The lowest BCUT2D eigenvalue weighted by molar-refractivity contribution is -0.0695. The molecule has 4 rings (SSSR count). The van der Waals surface area contributed by atoms with Crippen LogP contribution in [0.5, 0.6) is 0 Å². The normalized spacial score (nSPS) is 13.6. The van der Waals surface area contributed by atoms with Crippen LogP contribution in [0.25, 0.3) is 0 Å². The summed E-state index contributed by atoms with van der Waals surface area (Å²) in [6.07, 6.45) is -0.258. The zero-order valence-corrected chi connectivity index (χ0v) is 17.7. The van der Waals surface area contributed by atoms with Crippen LogP contribution in [0, 0.1) is 0 Å². The van der Waals surface area contributed by atoms with E-state index in [0.29, 0.717) is 44.6 Å². The molecule has 1 aliphatic rings. The molecule has 9 heteroatoms. The number of ether oxygens (including phenoxy) is 3. The van der Waals surface area contributed by atoms with Gasteiger partial charge in [0.15, 0.2) is 5.82 Å². The molecule has 0 amide bonds. The van der Waals surface area contributed by atoms with Crippen LogP contribution >= 0.6 is 0 Å². The van der Waals surface area contributed by atoms with Gasteiger partial charge in [-0.25, -0.2) is 0 Å². The minimum Gasteiger partial charge on any atom is -0.374 e. The Morgan fingerprint density at radius 2 is 1.62 bits per heavy atom. The number of aromatic nitrogens is 2. The summed E-state index contributed by atoms with van der Waals surface area (Å²) in [5, 5.41) is 3.01. The van der Waals surface area contributed by atoms with Crippen LogP contribution < -0.4 is 21.5 Å². The summed E-state index contributed by atoms with van der Waals surface area (Å²) in [6, 6.07) is 20.0. The number of rotatable bonds is 11. The van der Waals surface area contributed by atoms with Gasteiger partial charge in [0, 0.05) is 0 Å². The van der Waals surface area contributed by atoms with Gasteiger partial charge in [-0.15, -0.1) is 0 Å². The van der Waals surface area contributed by atoms with Crippen LogP contribution in [0.3, 0.4) is 0 Å². The Hall–Kier alpha value is -3.40. The fraction of sp³-hybridized carbons (Fsp3) is 0.304. The Labute approximate surface area is 186 Å². The van der Waals surface area contributed by atoms with Crippen molar-refractivity contribution in [2.24, 2.45) is 0 Å². The van der Waals surface area contributed by atoms with Crippen LogP contribution in [0.15, 0.2) is 65.5 Å². The maximum Gasteiger partial charge on any atom is 0.277 e. The highest BCUT2D eigenvalue weighted by Gasteiger charge is 2.24. The predicted octanol–water partition coefficient (Wildman–Crippen LogP) is 2.32. The zero-order chi connectivity index (χ0) is 22.2. The molecule has 4 N–H and O–H groups in total. The van der Waals surface area contributed by atoms with E-state index in [-0.39, 0.29) is 24.3 Å². The van der Waals surface area contributed by atoms with Crippen LogP contribution in [0.2, 0.25) is 0 Å². The van der Waals surface area contributed by atoms with Crippen molar-refractivity contribution in [3.8, 4) is 0 Å². The Bertz CT molecular complexity index is 1050. The average Bonchev–Trinajstić information content (AvgIpc) is 3.21. The van der Waals surface area contributed by atoms with Crippen molar-refractivity contribution >= 4 is 17.5 Å². The molecule has 0 fully saturated rings. The van der Waals surface area contributed by atoms with Crippen molar-refractivity contribution in [1.82, 2.24) is 9.97 Å². The van der Waals surface area contributed by atoms with Crippen molar-refractivity contribution in [3.63, 3.8) is 0 Å². The number of nitrogen functional groups attached to an aromatic ring is 1. The van der Waals surface area contributed by atoms with E-state index < -0.39 is 0 Å². The first kappa shape index (κ1) is 21.8. The number of nitrogens with two attached hydrogens (primary N) is 1. The van der Waals surface area contributed by atoms with Gasteiger partial charge in [-0.05, 0) is 11.1 Å². The summed E-state index contributed by atoms with van der Waals surface area (Å²) in [6.45, 7) is 2.33. The third-order valence-electron chi connectivity index (χ3n) is 4.96. The van der Waals surface area contributed by atoms with Crippen LogP contribution in [-0.2, 0) is 27.4 Å². The lowest BCUT2D eigenvalue weighted by Gasteiger charge is -2.21. The molecule has 168 valence electrons. The average molecular weight is 438 g/mol. The maximum atomic E-state index is 12.0. The lowest BCUT2D eigenvalue weighted by atomic mass is 10.2. The predicted molar refractivity (Wildman–Crippen MR) is 122 cm³/mol. The van der Waals surface area contributed by atoms with Crippen molar-refractivity contribution in [3.05, 3.63) is 82.1 Å². The quantitative estimate of drug-likeness (QED) is 0.419. The molecule has 1 aromatic heterocycles. The second-order valence-electron chi connectivity index (χ2n) is 7.44. The second kappa shape index (κ2) is 10.8. The number of benzene rings is 2. The van der Waals surface area contributed by atoms with Gasteiger partial charge in [0.25, 0.3) is 5.56 Å². The molecule has 32 heavy (non-hydrogen) atoms. The smallest absolute Gasteiger partial charge is 0.277 e. The second-order valence-corrected chi connectivity index (χ2v) is 7.44. The Morgan fingerprint density at radius 1 is 0.969 bits per heavy atom. The van der Waals surface area contributed by atoms with E-state index in [2.05, 4.69) is 15.3 Å². The molecule has 9 nitrogen and oxygen atoms in total. The third-order valence-corrected chi connectivity index (χ3v) is 4.96. The molecule has 1 aliphatic heterocycles. The summed E-state index contributed by atoms with van der Waals surface area (Å²) in [7, 11) is 0. The number of fused-ring (bicyclic) bond motifs is 1. The molecule has 1 atom stereocenters. The molecule has 0 spiro atoms. The number of hydrogen-bond acceptors (Lipinski definition) is 8. The molecule has 0 saturated carbocycles. The molecular formula is C23H27N5O4. The first-order chi connectivity index (χ1) is 15.7. The molecule has 2 heterocycles. The number of hydrogen-bond donors (Lipinski definition) is 3. The lowest BCUT2D eigenvalue weighted by Crippen LogP contribution is -2.31. The van der Waals surface area contributed by atoms with E-state index in [0.717, 1.165) is 11.1 Å². The highest BCUT2D eigenvalue weighted by atomic mass is 16.6. The summed E-state index contributed by atoms with van der Waals surface area (Å²) in [5.74, 6) is 0.550. The van der Waals surface area contributed by atoms with Crippen molar-refractivity contribution in [2.45, 2.75) is 19.3 Å². The number of nitrogens with zero attached hydrogens (tertiary/aromatic N) is 2. The van der Waals surface area contributed by atoms with Gasteiger partial charge in [0.2, 0.25) is 5.95 Å². The summed E-state index contributed by atoms with van der Waals surface area (Å²) < 4.78 is 17.8.